The number of aliphatic carboxylic acids is 1. The maximum absolute atomic E-state index is 11.1. The van der Waals surface area contributed by atoms with Gasteiger partial charge in [-0.2, -0.15) is 0 Å². The summed E-state index contributed by atoms with van der Waals surface area (Å²) in [7, 11) is 1.54. The monoisotopic (exact) mass is 187 g/mol. The Morgan fingerprint density at radius 2 is 2.15 bits per heavy atom. The molecule has 0 radical (unpaired) electrons. The lowest BCUT2D eigenvalue weighted by Gasteiger charge is -2.34. The van der Waals surface area contributed by atoms with Crippen LogP contribution in [0.4, 0.5) is 0 Å². The SMILES string of the molecule is COCC1(C(=O)O)CCC(N)CC1. The third kappa shape index (κ3) is 2.19. The third-order valence-electron chi connectivity index (χ3n) is 2.86. The number of ether oxygens (including phenoxy) is 1. The van der Waals surface area contributed by atoms with Gasteiger partial charge in [-0.1, -0.05) is 0 Å². The van der Waals surface area contributed by atoms with E-state index in [1.807, 2.05) is 0 Å². The van der Waals surface area contributed by atoms with Gasteiger partial charge >= 0.3 is 5.97 Å². The van der Waals surface area contributed by atoms with E-state index >= 15 is 0 Å². The molecule has 0 aromatic heterocycles. The maximum atomic E-state index is 11.1. The van der Waals surface area contributed by atoms with Crippen LogP contribution in [0.2, 0.25) is 0 Å². The first-order valence-corrected chi connectivity index (χ1v) is 4.59. The summed E-state index contributed by atoms with van der Waals surface area (Å²) < 4.78 is 4.96. The molecule has 0 amide bonds. The fraction of sp³-hybridized carbons (Fsp3) is 0.889. The van der Waals surface area contributed by atoms with E-state index in [9.17, 15) is 4.79 Å². The highest BCUT2D eigenvalue weighted by atomic mass is 16.5. The molecule has 4 nitrogen and oxygen atoms in total. The molecule has 1 fully saturated rings. The van der Waals surface area contributed by atoms with E-state index in [1.54, 1.807) is 7.11 Å². The highest BCUT2D eigenvalue weighted by Crippen LogP contribution is 2.36. The standard InChI is InChI=1S/C9H17NO3/c1-13-6-9(8(11)12)4-2-7(10)3-5-9/h7H,2-6,10H2,1H3,(H,11,12). The zero-order chi connectivity index (χ0) is 9.90. The van der Waals surface area contributed by atoms with Crippen molar-refractivity contribution in [2.75, 3.05) is 13.7 Å². The van der Waals surface area contributed by atoms with E-state index < -0.39 is 11.4 Å². The molecule has 0 heterocycles. The van der Waals surface area contributed by atoms with Crippen LogP contribution >= 0.6 is 0 Å². The molecule has 0 atom stereocenters. The Hall–Kier alpha value is -0.610. The highest BCUT2D eigenvalue weighted by molar-refractivity contribution is 5.75. The van der Waals surface area contributed by atoms with Gasteiger partial charge in [0.15, 0.2) is 0 Å². The summed E-state index contributed by atoms with van der Waals surface area (Å²) in [4.78, 5) is 11.1. The van der Waals surface area contributed by atoms with Crippen LogP contribution in [-0.4, -0.2) is 30.8 Å². The summed E-state index contributed by atoms with van der Waals surface area (Å²) in [6.45, 7) is 0.301. The molecule has 1 saturated carbocycles. The van der Waals surface area contributed by atoms with Gasteiger partial charge in [0, 0.05) is 13.2 Å². The van der Waals surface area contributed by atoms with Crippen LogP contribution in [0.5, 0.6) is 0 Å². The molecule has 0 aliphatic heterocycles. The Morgan fingerprint density at radius 1 is 1.62 bits per heavy atom. The Labute approximate surface area is 78.1 Å². The molecule has 1 aliphatic rings. The van der Waals surface area contributed by atoms with Crippen molar-refractivity contribution >= 4 is 5.97 Å². The summed E-state index contributed by atoms with van der Waals surface area (Å²) in [5.41, 5.74) is 5.04. The predicted molar refractivity (Wildman–Crippen MR) is 48.4 cm³/mol. The van der Waals surface area contributed by atoms with Gasteiger partial charge in [-0.15, -0.1) is 0 Å². The molecular weight excluding hydrogens is 170 g/mol. The molecule has 13 heavy (non-hydrogen) atoms. The lowest BCUT2D eigenvalue weighted by Crippen LogP contribution is -2.42. The van der Waals surface area contributed by atoms with Crippen LogP contribution in [0.25, 0.3) is 0 Å². The number of methoxy groups -OCH3 is 1. The zero-order valence-corrected chi connectivity index (χ0v) is 7.95. The molecule has 3 N–H and O–H groups in total. The first-order valence-electron chi connectivity index (χ1n) is 4.59. The quantitative estimate of drug-likeness (QED) is 0.678. The Kier molecular flexibility index (Phi) is 3.27. The number of carboxylic acid groups (broad SMARTS) is 1. The smallest absolute Gasteiger partial charge is 0.311 e. The lowest BCUT2D eigenvalue weighted by molar-refractivity contribution is -0.155. The van der Waals surface area contributed by atoms with Gasteiger partial charge in [-0.05, 0) is 25.7 Å². The molecule has 76 valence electrons. The van der Waals surface area contributed by atoms with Crippen LogP contribution in [-0.2, 0) is 9.53 Å². The number of nitrogens with two attached hydrogens (primary N) is 1. The molecule has 1 rings (SSSR count). The number of hydrogen-bond donors (Lipinski definition) is 2. The van der Waals surface area contributed by atoms with Crippen molar-refractivity contribution in [1.29, 1.82) is 0 Å². The van der Waals surface area contributed by atoms with Gasteiger partial charge in [0.1, 0.15) is 0 Å². The van der Waals surface area contributed by atoms with E-state index in [2.05, 4.69) is 0 Å². The van der Waals surface area contributed by atoms with E-state index in [1.165, 1.54) is 0 Å². The van der Waals surface area contributed by atoms with Gasteiger partial charge in [-0.25, -0.2) is 0 Å². The minimum atomic E-state index is -0.749. The summed E-state index contributed by atoms with van der Waals surface area (Å²) in [6, 6.07) is 0.171. The Bertz CT molecular complexity index is 185. The van der Waals surface area contributed by atoms with Crippen LogP contribution in [0.1, 0.15) is 25.7 Å². The van der Waals surface area contributed by atoms with Gasteiger partial charge in [0.05, 0.1) is 12.0 Å². The second-order valence-electron chi connectivity index (χ2n) is 3.86. The number of carboxylic acids is 1. The minimum absolute atomic E-state index is 0.171. The second-order valence-corrected chi connectivity index (χ2v) is 3.86. The molecule has 0 aromatic rings. The van der Waals surface area contributed by atoms with E-state index in [0.717, 1.165) is 12.8 Å². The van der Waals surface area contributed by atoms with Crippen LogP contribution in [0.3, 0.4) is 0 Å². The number of rotatable bonds is 3. The van der Waals surface area contributed by atoms with Crippen molar-refractivity contribution < 1.29 is 14.6 Å². The van der Waals surface area contributed by atoms with Crippen LogP contribution in [0, 0.1) is 5.41 Å². The van der Waals surface area contributed by atoms with Gasteiger partial charge in [-0.3, -0.25) is 4.79 Å². The van der Waals surface area contributed by atoms with E-state index in [0.29, 0.717) is 19.4 Å². The first kappa shape index (κ1) is 10.5. The summed E-state index contributed by atoms with van der Waals surface area (Å²) >= 11 is 0. The second kappa shape index (κ2) is 4.07. The summed E-state index contributed by atoms with van der Waals surface area (Å²) in [5, 5.41) is 9.09. The predicted octanol–water partition coefficient (Wildman–Crippen LogP) is 0.605. The van der Waals surface area contributed by atoms with Crippen molar-refractivity contribution in [2.45, 2.75) is 31.7 Å². The number of carbonyl (C=O) groups is 1. The van der Waals surface area contributed by atoms with Crippen molar-refractivity contribution in [1.82, 2.24) is 0 Å². The summed E-state index contributed by atoms with van der Waals surface area (Å²) in [5.74, 6) is -0.749. The minimum Gasteiger partial charge on any atom is -0.481 e. The molecule has 4 heteroatoms. The number of hydrogen-bond acceptors (Lipinski definition) is 3. The fourth-order valence-corrected chi connectivity index (χ4v) is 1.89. The molecule has 0 spiro atoms. The van der Waals surface area contributed by atoms with E-state index in [-0.39, 0.29) is 6.04 Å². The molecule has 1 aliphatic carbocycles. The van der Waals surface area contributed by atoms with Crippen LogP contribution < -0.4 is 5.73 Å². The molecule has 0 aromatic carbocycles. The summed E-state index contributed by atoms with van der Waals surface area (Å²) in [6.07, 6.45) is 2.85. The lowest BCUT2D eigenvalue weighted by atomic mass is 9.73. The first-order chi connectivity index (χ1) is 6.10. The fourth-order valence-electron chi connectivity index (χ4n) is 1.89. The zero-order valence-electron chi connectivity index (χ0n) is 7.95. The average Bonchev–Trinajstić information content (AvgIpc) is 2.09. The van der Waals surface area contributed by atoms with Crippen molar-refractivity contribution in [2.24, 2.45) is 11.1 Å². The third-order valence-corrected chi connectivity index (χ3v) is 2.86. The molecule has 0 saturated heterocycles. The Balaban J connectivity index is 2.63. The van der Waals surface area contributed by atoms with Crippen molar-refractivity contribution in [3.63, 3.8) is 0 Å². The van der Waals surface area contributed by atoms with Gasteiger partial charge < -0.3 is 15.6 Å². The van der Waals surface area contributed by atoms with Crippen LogP contribution in [0.15, 0.2) is 0 Å². The topological polar surface area (TPSA) is 72.5 Å². The highest BCUT2D eigenvalue weighted by Gasteiger charge is 2.41. The van der Waals surface area contributed by atoms with Gasteiger partial charge in [0.2, 0.25) is 0 Å². The maximum Gasteiger partial charge on any atom is 0.311 e. The van der Waals surface area contributed by atoms with Gasteiger partial charge in [0.25, 0.3) is 0 Å². The molecule has 0 unspecified atom stereocenters. The molecule has 0 bridgehead atoms. The largest absolute Gasteiger partial charge is 0.481 e. The van der Waals surface area contributed by atoms with Crippen molar-refractivity contribution in [3.8, 4) is 0 Å². The van der Waals surface area contributed by atoms with E-state index in [4.69, 9.17) is 15.6 Å². The normalized spacial score (nSPS) is 34.5. The Morgan fingerprint density at radius 3 is 2.54 bits per heavy atom. The molecular formula is C9H17NO3. The van der Waals surface area contributed by atoms with Crippen molar-refractivity contribution in [3.05, 3.63) is 0 Å². The average molecular weight is 187 g/mol.